The quantitative estimate of drug-likeness (QED) is 0.905. The summed E-state index contributed by atoms with van der Waals surface area (Å²) >= 11 is 5.96. The second-order valence-corrected chi connectivity index (χ2v) is 4.81. The minimum Gasteiger partial charge on any atom is -0.489 e. The summed E-state index contributed by atoms with van der Waals surface area (Å²) in [4.78, 5) is 2.26. The average Bonchev–Trinajstić information content (AvgIpc) is 2.81. The van der Waals surface area contributed by atoms with Crippen LogP contribution in [0.2, 0.25) is 5.02 Å². The lowest BCUT2D eigenvalue weighted by atomic mass is 10.3. The molecule has 2 rings (SSSR count). The van der Waals surface area contributed by atoms with Crippen molar-refractivity contribution in [1.82, 2.24) is 4.90 Å². The first kappa shape index (κ1) is 15.6. The first-order valence-corrected chi connectivity index (χ1v) is 6.41. The number of halogens is 2. The smallest absolute Gasteiger partial charge is 0.138 e. The zero-order valence-corrected chi connectivity index (χ0v) is 11.8. The van der Waals surface area contributed by atoms with Crippen LogP contribution in [0.25, 0.3) is 0 Å². The van der Waals surface area contributed by atoms with Gasteiger partial charge in [-0.05, 0) is 38.1 Å². The molecule has 0 radical (unpaired) electrons. The highest BCUT2D eigenvalue weighted by Gasteiger charge is 2.16. The van der Waals surface area contributed by atoms with Gasteiger partial charge in [0.15, 0.2) is 0 Å². The molecule has 0 aromatic heterocycles. The maximum Gasteiger partial charge on any atom is 0.138 e. The van der Waals surface area contributed by atoms with E-state index in [9.17, 15) is 5.11 Å². The van der Waals surface area contributed by atoms with E-state index in [0.29, 0.717) is 23.9 Å². The van der Waals surface area contributed by atoms with Gasteiger partial charge in [-0.2, -0.15) is 0 Å². The van der Waals surface area contributed by atoms with Crippen molar-refractivity contribution < 1.29 is 9.84 Å². The molecule has 102 valence electrons. The van der Waals surface area contributed by atoms with Crippen molar-refractivity contribution in [3.8, 4) is 5.75 Å². The van der Waals surface area contributed by atoms with Crippen molar-refractivity contribution in [3.63, 3.8) is 0 Å². The van der Waals surface area contributed by atoms with Gasteiger partial charge in [-0.1, -0.05) is 23.7 Å². The molecular weight excluding hydrogens is 273 g/mol. The van der Waals surface area contributed by atoms with E-state index < -0.39 is 6.10 Å². The SMILES string of the molecule is Cl.OC(COc1ccccc1Cl)CN1CCCC1. The number of hydrogen-bond donors (Lipinski definition) is 1. The third-order valence-corrected chi connectivity index (χ3v) is 3.25. The molecule has 1 unspecified atom stereocenters. The number of nitrogens with zero attached hydrogens (tertiary/aromatic N) is 1. The molecule has 0 saturated carbocycles. The Kier molecular flexibility index (Phi) is 6.79. The second-order valence-electron chi connectivity index (χ2n) is 4.40. The molecule has 1 heterocycles. The minimum atomic E-state index is -0.454. The van der Waals surface area contributed by atoms with Crippen molar-refractivity contribution >= 4 is 24.0 Å². The van der Waals surface area contributed by atoms with Gasteiger partial charge in [-0.15, -0.1) is 12.4 Å². The summed E-state index contributed by atoms with van der Waals surface area (Å²) in [5.74, 6) is 0.634. The maximum absolute atomic E-state index is 9.85. The third kappa shape index (κ3) is 4.65. The van der Waals surface area contributed by atoms with Crippen LogP contribution < -0.4 is 4.74 Å². The number of para-hydroxylation sites is 1. The van der Waals surface area contributed by atoms with E-state index in [1.807, 2.05) is 18.2 Å². The predicted molar refractivity (Wildman–Crippen MR) is 75.9 cm³/mol. The molecule has 0 aliphatic carbocycles. The van der Waals surface area contributed by atoms with Crippen molar-refractivity contribution in [3.05, 3.63) is 29.3 Å². The number of β-amino-alcohol motifs (C(OH)–C–C–N with tert-alkyl or cyclic N) is 1. The van der Waals surface area contributed by atoms with Crippen molar-refractivity contribution in [2.24, 2.45) is 0 Å². The molecule has 1 aliphatic rings. The molecule has 0 spiro atoms. The van der Waals surface area contributed by atoms with Crippen LogP contribution >= 0.6 is 24.0 Å². The Morgan fingerprint density at radius 3 is 2.61 bits per heavy atom. The fourth-order valence-electron chi connectivity index (χ4n) is 2.06. The van der Waals surface area contributed by atoms with E-state index in [2.05, 4.69) is 4.90 Å². The third-order valence-electron chi connectivity index (χ3n) is 2.94. The Morgan fingerprint density at radius 1 is 1.28 bits per heavy atom. The van der Waals surface area contributed by atoms with Gasteiger partial charge in [-0.3, -0.25) is 0 Å². The highest BCUT2D eigenvalue weighted by Crippen LogP contribution is 2.23. The number of rotatable bonds is 5. The standard InChI is InChI=1S/C13H18ClNO2.ClH/c14-12-5-1-2-6-13(12)17-10-11(16)9-15-7-3-4-8-15;/h1-2,5-6,11,16H,3-4,7-10H2;1H. The normalized spacial score (nSPS) is 17.2. The molecule has 1 aromatic carbocycles. The van der Waals surface area contributed by atoms with Crippen LogP contribution in [0.4, 0.5) is 0 Å². The Balaban J connectivity index is 0.00000162. The van der Waals surface area contributed by atoms with Crippen molar-refractivity contribution in [1.29, 1.82) is 0 Å². The molecule has 3 nitrogen and oxygen atoms in total. The summed E-state index contributed by atoms with van der Waals surface area (Å²) < 4.78 is 5.50. The van der Waals surface area contributed by atoms with Crippen molar-refractivity contribution in [2.75, 3.05) is 26.2 Å². The van der Waals surface area contributed by atoms with Gasteiger partial charge in [0, 0.05) is 6.54 Å². The molecule has 1 atom stereocenters. The summed E-state index contributed by atoms with van der Waals surface area (Å²) in [5.41, 5.74) is 0. The van der Waals surface area contributed by atoms with Gasteiger partial charge in [0.05, 0.1) is 5.02 Å². The number of aliphatic hydroxyl groups is 1. The van der Waals surface area contributed by atoms with E-state index in [-0.39, 0.29) is 12.4 Å². The first-order valence-electron chi connectivity index (χ1n) is 6.03. The average molecular weight is 292 g/mol. The van der Waals surface area contributed by atoms with Crippen LogP contribution in [0.5, 0.6) is 5.75 Å². The van der Waals surface area contributed by atoms with Crippen LogP contribution in [0, 0.1) is 0 Å². The van der Waals surface area contributed by atoms with E-state index in [1.54, 1.807) is 6.07 Å². The lowest BCUT2D eigenvalue weighted by molar-refractivity contribution is 0.0759. The first-order chi connectivity index (χ1) is 8.25. The highest BCUT2D eigenvalue weighted by molar-refractivity contribution is 6.32. The molecule has 1 fully saturated rings. The van der Waals surface area contributed by atoms with Gasteiger partial charge >= 0.3 is 0 Å². The fraction of sp³-hybridized carbons (Fsp3) is 0.538. The topological polar surface area (TPSA) is 32.7 Å². The molecule has 1 aromatic rings. The number of hydrogen-bond acceptors (Lipinski definition) is 3. The minimum absolute atomic E-state index is 0. The second kappa shape index (κ2) is 7.85. The van der Waals surface area contributed by atoms with Gasteiger partial charge < -0.3 is 14.7 Å². The van der Waals surface area contributed by atoms with E-state index >= 15 is 0 Å². The summed E-state index contributed by atoms with van der Waals surface area (Å²) in [5, 5.41) is 10.4. The Labute approximate surface area is 119 Å². The largest absolute Gasteiger partial charge is 0.489 e. The molecule has 1 saturated heterocycles. The summed E-state index contributed by atoms with van der Waals surface area (Å²) in [6.45, 7) is 3.15. The van der Waals surface area contributed by atoms with Gasteiger partial charge in [-0.25, -0.2) is 0 Å². The number of benzene rings is 1. The molecular formula is C13H19Cl2NO2. The molecule has 1 N–H and O–H groups in total. The van der Waals surface area contributed by atoms with E-state index in [4.69, 9.17) is 16.3 Å². The number of aliphatic hydroxyl groups excluding tert-OH is 1. The Morgan fingerprint density at radius 2 is 1.94 bits per heavy atom. The molecule has 5 heteroatoms. The van der Waals surface area contributed by atoms with E-state index in [0.717, 1.165) is 13.1 Å². The van der Waals surface area contributed by atoms with Crippen molar-refractivity contribution in [2.45, 2.75) is 18.9 Å². The van der Waals surface area contributed by atoms with E-state index in [1.165, 1.54) is 12.8 Å². The van der Waals surface area contributed by atoms with Crippen LogP contribution in [-0.2, 0) is 0 Å². The molecule has 0 bridgehead atoms. The predicted octanol–water partition coefficient (Wildman–Crippen LogP) is 2.60. The molecule has 0 amide bonds. The zero-order valence-electron chi connectivity index (χ0n) is 10.2. The van der Waals surface area contributed by atoms with Crippen LogP contribution in [-0.4, -0.2) is 42.4 Å². The summed E-state index contributed by atoms with van der Waals surface area (Å²) in [6, 6.07) is 7.32. The Bertz CT molecular complexity index is 357. The highest BCUT2D eigenvalue weighted by atomic mass is 35.5. The van der Waals surface area contributed by atoms with Gasteiger partial charge in [0.1, 0.15) is 18.5 Å². The van der Waals surface area contributed by atoms with Crippen LogP contribution in [0.1, 0.15) is 12.8 Å². The summed E-state index contributed by atoms with van der Waals surface area (Å²) in [6.07, 6.45) is 2.01. The number of likely N-dealkylation sites (tertiary alicyclic amines) is 1. The van der Waals surface area contributed by atoms with Crippen LogP contribution in [0.15, 0.2) is 24.3 Å². The lowest BCUT2D eigenvalue weighted by Gasteiger charge is -2.19. The molecule has 1 aliphatic heterocycles. The monoisotopic (exact) mass is 291 g/mol. The maximum atomic E-state index is 9.85. The molecule has 18 heavy (non-hydrogen) atoms. The summed E-state index contributed by atoms with van der Waals surface area (Å²) in [7, 11) is 0. The van der Waals surface area contributed by atoms with Gasteiger partial charge in [0.25, 0.3) is 0 Å². The van der Waals surface area contributed by atoms with Crippen LogP contribution in [0.3, 0.4) is 0 Å². The number of ether oxygens (including phenoxy) is 1. The fourth-order valence-corrected chi connectivity index (χ4v) is 2.25. The zero-order chi connectivity index (χ0) is 12.1. The van der Waals surface area contributed by atoms with Gasteiger partial charge in [0.2, 0.25) is 0 Å². The Hall–Kier alpha value is -0.480. The lowest BCUT2D eigenvalue weighted by Crippen LogP contribution is -2.33.